The van der Waals surface area contributed by atoms with Gasteiger partial charge in [0.2, 0.25) is 0 Å². The Morgan fingerprint density at radius 1 is 1.48 bits per heavy atom. The Morgan fingerprint density at radius 3 is 2.91 bits per heavy atom. The summed E-state index contributed by atoms with van der Waals surface area (Å²) < 4.78 is 19.6. The van der Waals surface area contributed by atoms with Gasteiger partial charge in [0.1, 0.15) is 11.3 Å². The maximum absolute atomic E-state index is 14.2. The van der Waals surface area contributed by atoms with Gasteiger partial charge < -0.3 is 9.64 Å². The van der Waals surface area contributed by atoms with Crippen LogP contribution in [0.3, 0.4) is 0 Å². The van der Waals surface area contributed by atoms with Crippen molar-refractivity contribution in [2.75, 3.05) is 29.9 Å². The van der Waals surface area contributed by atoms with E-state index in [4.69, 9.17) is 16.3 Å². The van der Waals surface area contributed by atoms with Gasteiger partial charge >= 0.3 is 6.09 Å². The Bertz CT molecular complexity index is 731. The summed E-state index contributed by atoms with van der Waals surface area (Å²) in [6.07, 6.45) is 2.76. The third-order valence-corrected chi connectivity index (χ3v) is 5.11. The first-order chi connectivity index (χ1) is 11.1. The van der Waals surface area contributed by atoms with E-state index in [1.165, 1.54) is 23.8 Å². The molecule has 8 heteroatoms. The second-order valence-electron chi connectivity index (χ2n) is 5.28. The molecule has 1 saturated heterocycles. The van der Waals surface area contributed by atoms with Gasteiger partial charge in [0.25, 0.3) is 0 Å². The molecule has 1 aliphatic rings. The van der Waals surface area contributed by atoms with Crippen molar-refractivity contribution in [1.82, 2.24) is 4.98 Å². The molecule has 5 nitrogen and oxygen atoms in total. The average Bonchev–Trinajstić information content (AvgIpc) is 2.98. The second kappa shape index (κ2) is 6.88. The number of hydrogen-bond donors (Lipinski definition) is 1. The lowest BCUT2D eigenvalue weighted by molar-refractivity contribution is 0.168. The molecule has 0 unspecified atom stereocenters. The lowest BCUT2D eigenvalue weighted by Gasteiger charge is -2.25. The monoisotopic (exact) mass is 357 g/mol. The van der Waals surface area contributed by atoms with E-state index in [1.54, 1.807) is 6.92 Å². The fourth-order valence-electron chi connectivity index (χ4n) is 2.61. The highest BCUT2D eigenvalue weighted by Gasteiger charge is 2.21. The van der Waals surface area contributed by atoms with Gasteiger partial charge in [-0.05, 0) is 32.3 Å². The zero-order chi connectivity index (χ0) is 16.4. The molecular weight excluding hydrogens is 341 g/mol. The molecule has 3 rings (SSSR count). The molecule has 0 bridgehead atoms. The zero-order valence-corrected chi connectivity index (χ0v) is 14.3. The molecule has 0 aliphatic carbocycles. The lowest BCUT2D eigenvalue weighted by Crippen LogP contribution is -2.29. The molecule has 1 fully saturated rings. The smallest absolute Gasteiger partial charge is 0.411 e. The van der Waals surface area contributed by atoms with Crippen LogP contribution in [0.5, 0.6) is 0 Å². The summed E-state index contributed by atoms with van der Waals surface area (Å²) in [4.78, 5) is 18.4. The summed E-state index contributed by atoms with van der Waals surface area (Å²) >= 11 is 7.46. The molecule has 0 atom stereocenters. The van der Waals surface area contributed by atoms with Crippen LogP contribution in [0, 0.1) is 5.82 Å². The molecule has 1 aliphatic heterocycles. The quantitative estimate of drug-likeness (QED) is 0.868. The van der Waals surface area contributed by atoms with Crippen LogP contribution in [-0.2, 0) is 4.74 Å². The summed E-state index contributed by atoms with van der Waals surface area (Å²) in [5, 5.41) is 3.50. The highest BCUT2D eigenvalue weighted by atomic mass is 35.5. The van der Waals surface area contributed by atoms with Crippen molar-refractivity contribution in [3.8, 4) is 0 Å². The van der Waals surface area contributed by atoms with Crippen LogP contribution in [0.4, 0.5) is 20.0 Å². The Labute approximate surface area is 142 Å². The van der Waals surface area contributed by atoms with Crippen molar-refractivity contribution in [3.63, 3.8) is 0 Å². The molecule has 2 heterocycles. The minimum Gasteiger partial charge on any atom is -0.450 e. The van der Waals surface area contributed by atoms with Crippen molar-refractivity contribution in [1.29, 1.82) is 0 Å². The van der Waals surface area contributed by atoms with Crippen molar-refractivity contribution in [3.05, 3.63) is 16.9 Å². The van der Waals surface area contributed by atoms with Gasteiger partial charge in [-0.25, -0.2) is 14.2 Å². The van der Waals surface area contributed by atoms with Crippen molar-refractivity contribution in [2.45, 2.75) is 26.2 Å². The van der Waals surface area contributed by atoms with Crippen LogP contribution in [0.25, 0.3) is 10.2 Å². The number of fused-ring (bicyclic) bond motifs is 1. The topological polar surface area (TPSA) is 54.5 Å². The predicted molar refractivity (Wildman–Crippen MR) is 91.3 cm³/mol. The molecule has 1 aromatic carbocycles. The predicted octanol–water partition coefficient (Wildman–Crippen LogP) is 4.65. The lowest BCUT2D eigenvalue weighted by atomic mass is 10.1. The number of benzene rings is 1. The van der Waals surface area contributed by atoms with Gasteiger partial charge in [-0.3, -0.25) is 5.32 Å². The number of amides is 1. The van der Waals surface area contributed by atoms with Crippen LogP contribution < -0.4 is 10.2 Å². The Balaban J connectivity index is 2.01. The first-order valence-electron chi connectivity index (χ1n) is 7.57. The summed E-state index contributed by atoms with van der Waals surface area (Å²) in [6.45, 7) is 3.77. The van der Waals surface area contributed by atoms with Crippen LogP contribution in [0.15, 0.2) is 6.07 Å². The van der Waals surface area contributed by atoms with E-state index in [1.807, 2.05) is 0 Å². The Morgan fingerprint density at radius 2 is 2.22 bits per heavy atom. The van der Waals surface area contributed by atoms with Crippen molar-refractivity contribution >= 4 is 50.1 Å². The van der Waals surface area contributed by atoms with Crippen LogP contribution in [0.1, 0.15) is 26.2 Å². The van der Waals surface area contributed by atoms with Crippen molar-refractivity contribution < 1.29 is 13.9 Å². The molecule has 0 saturated carbocycles. The number of ether oxygens (including phenoxy) is 1. The van der Waals surface area contributed by atoms with Gasteiger partial charge in [0.15, 0.2) is 5.13 Å². The summed E-state index contributed by atoms with van der Waals surface area (Å²) in [6, 6.07) is 1.17. The van der Waals surface area contributed by atoms with E-state index in [9.17, 15) is 9.18 Å². The normalized spacial score (nSPS) is 15.0. The highest BCUT2D eigenvalue weighted by Crippen LogP contribution is 2.40. The van der Waals surface area contributed by atoms with E-state index in [2.05, 4.69) is 15.2 Å². The fraction of sp³-hybridized carbons (Fsp3) is 0.467. The Hall–Kier alpha value is -1.60. The first kappa shape index (κ1) is 16.3. The van der Waals surface area contributed by atoms with Gasteiger partial charge in [0, 0.05) is 13.1 Å². The standard InChI is InChI=1S/C15H17ClFN3O2S/c1-2-22-15(21)19-12-10(17)8-9(16)11-13(12)23-14(18-11)20-6-4-3-5-7-20/h8H,2-7H2,1H3,(H,19,21). The average molecular weight is 358 g/mol. The second-order valence-corrected chi connectivity index (χ2v) is 6.67. The molecule has 1 N–H and O–H groups in total. The minimum absolute atomic E-state index is 0.0728. The molecule has 124 valence electrons. The number of anilines is 2. The molecule has 0 radical (unpaired) electrons. The largest absolute Gasteiger partial charge is 0.450 e. The number of piperidine rings is 1. The molecular formula is C15H17ClFN3O2S. The summed E-state index contributed by atoms with van der Waals surface area (Å²) in [5.41, 5.74) is 0.578. The van der Waals surface area contributed by atoms with Crippen LogP contribution >= 0.6 is 22.9 Å². The third kappa shape index (κ3) is 3.35. The number of nitrogens with one attached hydrogen (secondary N) is 1. The SMILES string of the molecule is CCOC(=O)Nc1c(F)cc(Cl)c2nc(N3CCCCC3)sc12. The number of carbonyl (C=O) groups excluding carboxylic acids is 1. The van der Waals surface area contributed by atoms with Gasteiger partial charge in [0.05, 0.1) is 22.0 Å². The van der Waals surface area contributed by atoms with Gasteiger partial charge in [-0.2, -0.15) is 0 Å². The van der Waals surface area contributed by atoms with Crippen molar-refractivity contribution in [2.24, 2.45) is 0 Å². The molecule has 0 spiro atoms. The van der Waals surface area contributed by atoms with E-state index >= 15 is 0 Å². The number of aromatic nitrogens is 1. The van der Waals surface area contributed by atoms with E-state index in [0.29, 0.717) is 10.2 Å². The number of hydrogen-bond acceptors (Lipinski definition) is 5. The minimum atomic E-state index is -0.692. The maximum Gasteiger partial charge on any atom is 0.411 e. The first-order valence-corrected chi connectivity index (χ1v) is 8.77. The maximum atomic E-state index is 14.2. The molecule has 1 aromatic heterocycles. The highest BCUT2D eigenvalue weighted by molar-refractivity contribution is 7.23. The van der Waals surface area contributed by atoms with Gasteiger partial charge in [-0.15, -0.1) is 0 Å². The Kier molecular flexibility index (Phi) is 4.87. The number of carbonyl (C=O) groups is 1. The summed E-state index contributed by atoms with van der Waals surface area (Å²) in [5.74, 6) is -0.593. The number of rotatable bonds is 3. The van der Waals surface area contributed by atoms with Gasteiger partial charge in [-0.1, -0.05) is 22.9 Å². The van der Waals surface area contributed by atoms with E-state index < -0.39 is 11.9 Å². The zero-order valence-electron chi connectivity index (χ0n) is 12.7. The van der Waals surface area contributed by atoms with Crippen LogP contribution in [-0.4, -0.2) is 30.8 Å². The number of nitrogens with zero attached hydrogens (tertiary/aromatic N) is 2. The number of halogens is 2. The summed E-state index contributed by atoms with van der Waals surface area (Å²) in [7, 11) is 0. The third-order valence-electron chi connectivity index (χ3n) is 3.69. The molecule has 1 amide bonds. The van der Waals surface area contributed by atoms with E-state index in [-0.39, 0.29) is 17.3 Å². The van der Waals surface area contributed by atoms with E-state index in [0.717, 1.165) is 31.1 Å². The fourth-order valence-corrected chi connectivity index (χ4v) is 4.03. The molecule has 2 aromatic rings. The number of thiazole rings is 1. The van der Waals surface area contributed by atoms with Crippen LogP contribution in [0.2, 0.25) is 5.02 Å². The molecule has 23 heavy (non-hydrogen) atoms.